The molecule has 6 nitrogen and oxygen atoms in total. The number of methoxy groups -OCH3 is 1. The lowest BCUT2D eigenvalue weighted by molar-refractivity contribution is 0.102. The number of carbonyl (C=O) groups is 1. The summed E-state index contributed by atoms with van der Waals surface area (Å²) in [4.78, 5) is 12.6. The maximum atomic E-state index is 12.9. The molecule has 0 aliphatic rings. The van der Waals surface area contributed by atoms with Crippen LogP contribution in [0.1, 0.15) is 15.9 Å². The lowest BCUT2D eigenvalue weighted by Gasteiger charge is -2.14. The van der Waals surface area contributed by atoms with E-state index in [4.69, 9.17) is 16.3 Å². The Labute approximate surface area is 174 Å². The molecule has 0 atom stereocenters. The van der Waals surface area contributed by atoms with Gasteiger partial charge in [0.25, 0.3) is 15.9 Å². The minimum absolute atomic E-state index is 0.00663. The first-order valence-electron chi connectivity index (χ1n) is 8.63. The Hall–Kier alpha value is -3.03. The van der Waals surface area contributed by atoms with Crippen LogP contribution in [0.15, 0.2) is 71.6 Å². The molecule has 0 spiro atoms. The Kier molecular flexibility index (Phi) is 6.10. The van der Waals surface area contributed by atoms with Gasteiger partial charge in [-0.05, 0) is 61.0 Å². The van der Waals surface area contributed by atoms with Crippen LogP contribution in [-0.2, 0) is 10.0 Å². The van der Waals surface area contributed by atoms with Crippen molar-refractivity contribution >= 4 is 38.9 Å². The van der Waals surface area contributed by atoms with Crippen molar-refractivity contribution in [1.29, 1.82) is 0 Å². The number of para-hydroxylation sites is 2. The number of rotatable bonds is 6. The molecule has 29 heavy (non-hydrogen) atoms. The lowest BCUT2D eigenvalue weighted by atomic mass is 10.1. The van der Waals surface area contributed by atoms with Crippen molar-refractivity contribution in [2.45, 2.75) is 11.8 Å². The second-order valence-electron chi connectivity index (χ2n) is 6.25. The number of hydrogen-bond acceptors (Lipinski definition) is 4. The smallest absolute Gasteiger partial charge is 0.262 e. The van der Waals surface area contributed by atoms with E-state index >= 15 is 0 Å². The van der Waals surface area contributed by atoms with Gasteiger partial charge in [0.2, 0.25) is 0 Å². The summed E-state index contributed by atoms with van der Waals surface area (Å²) in [6, 6.07) is 17.8. The number of hydrogen-bond donors (Lipinski definition) is 2. The van der Waals surface area contributed by atoms with E-state index in [9.17, 15) is 13.2 Å². The zero-order valence-electron chi connectivity index (χ0n) is 15.8. The molecule has 8 heteroatoms. The maximum absolute atomic E-state index is 12.9. The minimum atomic E-state index is -3.94. The third kappa shape index (κ3) is 4.88. The molecular formula is C21H19ClN2O4S. The van der Waals surface area contributed by atoms with Crippen LogP contribution in [0.4, 0.5) is 11.4 Å². The highest BCUT2D eigenvalue weighted by Gasteiger charge is 2.21. The molecule has 0 heterocycles. The molecule has 3 aromatic carbocycles. The summed E-state index contributed by atoms with van der Waals surface area (Å²) in [7, 11) is -2.48. The van der Waals surface area contributed by atoms with Crippen molar-refractivity contribution in [3.8, 4) is 5.75 Å². The fourth-order valence-electron chi connectivity index (χ4n) is 2.70. The van der Waals surface area contributed by atoms with Crippen molar-refractivity contribution in [1.82, 2.24) is 0 Å². The Balaban J connectivity index is 1.89. The van der Waals surface area contributed by atoms with E-state index in [1.54, 1.807) is 67.6 Å². The molecule has 0 unspecified atom stereocenters. The number of benzene rings is 3. The molecule has 0 radical (unpaired) electrons. The standard InChI is InChI=1S/C21H19ClN2O4S/c1-14-7-8-15(21(25)23-17-11-9-16(22)10-12-17)13-20(14)29(26,27)24-18-5-3-4-6-19(18)28-2/h3-13,24H,1-2H3,(H,23,25). The molecule has 0 fully saturated rings. The summed E-state index contributed by atoms with van der Waals surface area (Å²) >= 11 is 5.85. The monoisotopic (exact) mass is 430 g/mol. The summed E-state index contributed by atoms with van der Waals surface area (Å²) < 4.78 is 33.6. The summed E-state index contributed by atoms with van der Waals surface area (Å²) in [5.74, 6) is -0.0357. The fraction of sp³-hybridized carbons (Fsp3) is 0.0952. The second kappa shape index (κ2) is 8.55. The van der Waals surface area contributed by atoms with Crippen LogP contribution in [-0.4, -0.2) is 21.4 Å². The first-order chi connectivity index (χ1) is 13.8. The molecule has 0 aromatic heterocycles. The molecule has 0 aliphatic carbocycles. The van der Waals surface area contributed by atoms with Gasteiger partial charge in [-0.3, -0.25) is 9.52 Å². The van der Waals surface area contributed by atoms with Crippen molar-refractivity contribution in [3.63, 3.8) is 0 Å². The third-order valence-corrected chi connectivity index (χ3v) is 5.95. The van der Waals surface area contributed by atoms with Gasteiger partial charge in [-0.25, -0.2) is 8.42 Å². The van der Waals surface area contributed by atoms with E-state index in [1.165, 1.54) is 13.2 Å². The van der Waals surface area contributed by atoms with Gasteiger partial charge in [0.15, 0.2) is 0 Å². The first-order valence-corrected chi connectivity index (χ1v) is 10.5. The molecule has 1 amide bonds. The molecule has 3 rings (SSSR count). The van der Waals surface area contributed by atoms with Crippen molar-refractivity contribution < 1.29 is 17.9 Å². The van der Waals surface area contributed by atoms with Gasteiger partial charge in [-0.2, -0.15) is 0 Å². The largest absolute Gasteiger partial charge is 0.495 e. The predicted molar refractivity (Wildman–Crippen MR) is 114 cm³/mol. The summed E-state index contributed by atoms with van der Waals surface area (Å²) in [6.07, 6.45) is 0. The highest BCUT2D eigenvalue weighted by molar-refractivity contribution is 7.92. The van der Waals surface area contributed by atoms with Crippen LogP contribution in [0.2, 0.25) is 5.02 Å². The minimum Gasteiger partial charge on any atom is -0.495 e. The summed E-state index contributed by atoms with van der Waals surface area (Å²) in [5, 5.41) is 3.27. The van der Waals surface area contributed by atoms with Gasteiger partial charge in [0, 0.05) is 16.3 Å². The zero-order chi connectivity index (χ0) is 21.0. The number of aryl methyl sites for hydroxylation is 1. The lowest BCUT2D eigenvalue weighted by Crippen LogP contribution is -2.17. The predicted octanol–water partition coefficient (Wildman–Crippen LogP) is 4.71. The highest BCUT2D eigenvalue weighted by atomic mass is 35.5. The number of ether oxygens (including phenoxy) is 1. The van der Waals surface area contributed by atoms with Crippen molar-refractivity contribution in [3.05, 3.63) is 82.9 Å². The normalized spacial score (nSPS) is 11.0. The number of nitrogens with one attached hydrogen (secondary N) is 2. The van der Waals surface area contributed by atoms with Gasteiger partial charge in [-0.15, -0.1) is 0 Å². The average molecular weight is 431 g/mol. The SMILES string of the molecule is COc1ccccc1NS(=O)(=O)c1cc(C(=O)Nc2ccc(Cl)cc2)ccc1C. The van der Waals surface area contributed by atoms with Gasteiger partial charge >= 0.3 is 0 Å². The van der Waals surface area contributed by atoms with Gasteiger partial charge in [-0.1, -0.05) is 29.8 Å². The number of anilines is 2. The van der Waals surface area contributed by atoms with Crippen LogP contribution < -0.4 is 14.8 Å². The first kappa shape index (κ1) is 20.7. The summed E-state index contributed by atoms with van der Waals surface area (Å²) in [6.45, 7) is 1.66. The Morgan fingerprint density at radius 3 is 2.38 bits per heavy atom. The molecule has 0 saturated heterocycles. The van der Waals surface area contributed by atoms with E-state index in [1.807, 2.05) is 0 Å². The quantitative estimate of drug-likeness (QED) is 0.593. The molecular weight excluding hydrogens is 412 g/mol. The van der Waals surface area contributed by atoms with E-state index in [0.717, 1.165) is 0 Å². The molecule has 3 aromatic rings. The Bertz CT molecular complexity index is 1150. The van der Waals surface area contributed by atoms with E-state index < -0.39 is 15.9 Å². The third-order valence-electron chi connectivity index (χ3n) is 4.19. The number of halogens is 1. The Morgan fingerprint density at radius 1 is 1.00 bits per heavy atom. The molecule has 150 valence electrons. The maximum Gasteiger partial charge on any atom is 0.262 e. The van der Waals surface area contributed by atoms with Crippen LogP contribution in [0.3, 0.4) is 0 Å². The topological polar surface area (TPSA) is 84.5 Å². The zero-order valence-corrected chi connectivity index (χ0v) is 17.3. The number of carbonyl (C=O) groups excluding carboxylic acids is 1. The average Bonchev–Trinajstić information content (AvgIpc) is 2.70. The molecule has 0 saturated carbocycles. The van der Waals surface area contributed by atoms with Crippen molar-refractivity contribution in [2.24, 2.45) is 0 Å². The van der Waals surface area contributed by atoms with Crippen LogP contribution in [0.25, 0.3) is 0 Å². The van der Waals surface area contributed by atoms with Gasteiger partial charge < -0.3 is 10.1 Å². The van der Waals surface area contributed by atoms with E-state index in [2.05, 4.69) is 10.0 Å². The number of amides is 1. The van der Waals surface area contributed by atoms with Crippen LogP contribution in [0.5, 0.6) is 5.75 Å². The number of sulfonamides is 1. The second-order valence-corrected chi connectivity index (χ2v) is 8.33. The molecule has 2 N–H and O–H groups in total. The molecule has 0 bridgehead atoms. The van der Waals surface area contributed by atoms with E-state index in [0.29, 0.717) is 27.7 Å². The Morgan fingerprint density at radius 2 is 1.69 bits per heavy atom. The van der Waals surface area contributed by atoms with E-state index in [-0.39, 0.29) is 10.5 Å². The van der Waals surface area contributed by atoms with Gasteiger partial charge in [0.05, 0.1) is 17.7 Å². The van der Waals surface area contributed by atoms with Crippen LogP contribution in [0, 0.1) is 6.92 Å². The summed E-state index contributed by atoms with van der Waals surface area (Å²) in [5.41, 5.74) is 1.59. The van der Waals surface area contributed by atoms with Crippen LogP contribution >= 0.6 is 11.6 Å². The van der Waals surface area contributed by atoms with Crippen molar-refractivity contribution in [2.75, 3.05) is 17.1 Å². The molecule has 0 aliphatic heterocycles. The van der Waals surface area contributed by atoms with Gasteiger partial charge in [0.1, 0.15) is 5.75 Å². The highest BCUT2D eigenvalue weighted by Crippen LogP contribution is 2.27. The fourth-order valence-corrected chi connectivity index (χ4v) is 4.16.